The number of hydrogen-bond donors (Lipinski definition) is 1. The van der Waals surface area contributed by atoms with Crippen LogP contribution in [0.4, 0.5) is 10.5 Å². The van der Waals surface area contributed by atoms with Crippen molar-refractivity contribution in [1.82, 2.24) is 4.90 Å². The highest BCUT2D eigenvalue weighted by atomic mass is 35.5. The van der Waals surface area contributed by atoms with Gasteiger partial charge in [0.2, 0.25) is 0 Å². The average molecular weight is 391 g/mol. The number of halogens is 1. The summed E-state index contributed by atoms with van der Waals surface area (Å²) in [5, 5.41) is 3.06. The number of anilines is 1. The number of para-hydroxylation sites is 1. The molecule has 5 nitrogen and oxygen atoms in total. The van der Waals surface area contributed by atoms with E-state index in [1.165, 1.54) is 16.7 Å². The van der Waals surface area contributed by atoms with E-state index in [1.54, 1.807) is 25.1 Å². The molecule has 1 aliphatic rings. The minimum Gasteiger partial charge on any atom is -0.464 e. The summed E-state index contributed by atoms with van der Waals surface area (Å²) in [5.41, 5.74) is 1.46. The maximum Gasteiger partial charge on any atom is 0.329 e. The van der Waals surface area contributed by atoms with Crippen LogP contribution in [0.2, 0.25) is 5.02 Å². The van der Waals surface area contributed by atoms with Crippen LogP contribution < -0.4 is 5.32 Å². The zero-order chi connectivity index (χ0) is 18.5. The Kier molecular flexibility index (Phi) is 6.06. The van der Waals surface area contributed by atoms with Gasteiger partial charge in [-0.2, -0.15) is 0 Å². The molecule has 136 valence electrons. The molecular formula is C19H19ClN2O3S. The number of nitrogens with one attached hydrogen (secondary N) is 1. The van der Waals surface area contributed by atoms with Gasteiger partial charge >= 0.3 is 12.0 Å². The van der Waals surface area contributed by atoms with E-state index in [0.717, 1.165) is 5.56 Å². The summed E-state index contributed by atoms with van der Waals surface area (Å²) < 4.78 is 5.16. The number of urea groups is 1. The van der Waals surface area contributed by atoms with Gasteiger partial charge in [-0.05, 0) is 25.1 Å². The Labute approximate surface area is 161 Å². The molecular weight excluding hydrogens is 372 g/mol. The summed E-state index contributed by atoms with van der Waals surface area (Å²) in [6.07, 6.45) is 0. The number of rotatable bonds is 4. The first-order valence-electron chi connectivity index (χ1n) is 8.29. The molecule has 2 aromatic carbocycles. The van der Waals surface area contributed by atoms with Crippen LogP contribution in [-0.4, -0.2) is 35.3 Å². The highest BCUT2D eigenvalue weighted by molar-refractivity contribution is 7.99. The van der Waals surface area contributed by atoms with Gasteiger partial charge in [-0.3, -0.25) is 4.90 Å². The Morgan fingerprint density at radius 2 is 1.88 bits per heavy atom. The smallest absolute Gasteiger partial charge is 0.329 e. The first-order valence-corrected chi connectivity index (χ1v) is 9.71. The van der Waals surface area contributed by atoms with E-state index in [9.17, 15) is 9.59 Å². The second-order valence-electron chi connectivity index (χ2n) is 5.68. The molecule has 1 aliphatic heterocycles. The van der Waals surface area contributed by atoms with Gasteiger partial charge in [0.25, 0.3) is 0 Å². The molecule has 2 unspecified atom stereocenters. The van der Waals surface area contributed by atoms with Crippen molar-refractivity contribution in [2.24, 2.45) is 0 Å². The van der Waals surface area contributed by atoms with Crippen molar-refractivity contribution in [3.05, 3.63) is 65.2 Å². The molecule has 0 saturated carbocycles. The SMILES string of the molecule is CCOC(=O)C1CSC(c2ccccc2Cl)N1C(=O)Nc1ccccc1. The summed E-state index contributed by atoms with van der Waals surface area (Å²) in [6, 6.07) is 15.5. The average Bonchev–Trinajstić information content (AvgIpc) is 3.08. The minimum absolute atomic E-state index is 0.269. The van der Waals surface area contributed by atoms with Gasteiger partial charge in [-0.25, -0.2) is 9.59 Å². The van der Waals surface area contributed by atoms with Crippen molar-refractivity contribution in [3.8, 4) is 0 Å². The lowest BCUT2D eigenvalue weighted by Crippen LogP contribution is -2.45. The molecule has 1 N–H and O–H groups in total. The summed E-state index contributed by atoms with van der Waals surface area (Å²) in [6.45, 7) is 2.02. The highest BCUT2D eigenvalue weighted by Crippen LogP contribution is 2.44. The van der Waals surface area contributed by atoms with Gasteiger partial charge in [0.1, 0.15) is 11.4 Å². The topological polar surface area (TPSA) is 58.6 Å². The maximum atomic E-state index is 13.0. The van der Waals surface area contributed by atoms with Crippen LogP contribution in [0.1, 0.15) is 17.9 Å². The molecule has 0 aromatic heterocycles. The molecule has 7 heteroatoms. The van der Waals surface area contributed by atoms with Crippen LogP contribution in [0.25, 0.3) is 0 Å². The van der Waals surface area contributed by atoms with Gasteiger partial charge in [-0.1, -0.05) is 48.0 Å². The third-order valence-corrected chi connectivity index (χ3v) is 5.64. The summed E-state index contributed by atoms with van der Waals surface area (Å²) in [5.74, 6) is 0.0504. The lowest BCUT2D eigenvalue weighted by molar-refractivity contribution is -0.147. The summed E-state index contributed by atoms with van der Waals surface area (Å²) >= 11 is 7.83. The molecule has 3 rings (SSSR count). The van der Waals surface area contributed by atoms with Crippen molar-refractivity contribution in [1.29, 1.82) is 0 Å². The van der Waals surface area contributed by atoms with Gasteiger partial charge in [0.05, 0.1) is 6.61 Å². The largest absolute Gasteiger partial charge is 0.464 e. The van der Waals surface area contributed by atoms with E-state index in [1.807, 2.05) is 36.4 Å². The quantitative estimate of drug-likeness (QED) is 0.778. The molecule has 26 heavy (non-hydrogen) atoms. The first-order chi connectivity index (χ1) is 12.6. The number of carbonyl (C=O) groups excluding carboxylic acids is 2. The summed E-state index contributed by atoms with van der Waals surface area (Å²) in [7, 11) is 0. The number of hydrogen-bond acceptors (Lipinski definition) is 4. The van der Waals surface area contributed by atoms with Crippen LogP contribution >= 0.6 is 23.4 Å². The van der Waals surface area contributed by atoms with Crippen molar-refractivity contribution in [3.63, 3.8) is 0 Å². The van der Waals surface area contributed by atoms with Gasteiger partial charge < -0.3 is 10.1 Å². The van der Waals surface area contributed by atoms with Crippen LogP contribution in [0.15, 0.2) is 54.6 Å². The molecule has 2 amide bonds. The van der Waals surface area contributed by atoms with E-state index in [-0.39, 0.29) is 18.0 Å². The van der Waals surface area contributed by atoms with Crippen LogP contribution in [-0.2, 0) is 9.53 Å². The number of benzene rings is 2. The van der Waals surface area contributed by atoms with Crippen LogP contribution in [0, 0.1) is 0 Å². The lowest BCUT2D eigenvalue weighted by atomic mass is 10.2. The fraction of sp³-hybridized carbons (Fsp3) is 0.263. The Bertz CT molecular complexity index is 787. The Morgan fingerprint density at radius 1 is 1.19 bits per heavy atom. The lowest BCUT2D eigenvalue weighted by Gasteiger charge is -2.29. The zero-order valence-electron chi connectivity index (χ0n) is 14.2. The van der Waals surface area contributed by atoms with Crippen molar-refractivity contribution in [2.45, 2.75) is 18.3 Å². The number of nitrogens with zero attached hydrogens (tertiary/aromatic N) is 1. The van der Waals surface area contributed by atoms with Crippen molar-refractivity contribution in [2.75, 3.05) is 17.7 Å². The maximum absolute atomic E-state index is 13.0. The van der Waals surface area contributed by atoms with E-state index < -0.39 is 12.0 Å². The van der Waals surface area contributed by atoms with Gasteiger partial charge in [0.15, 0.2) is 0 Å². The van der Waals surface area contributed by atoms with E-state index in [4.69, 9.17) is 16.3 Å². The molecule has 2 aromatic rings. The molecule has 1 saturated heterocycles. The Hall–Kier alpha value is -2.18. The number of amides is 2. The van der Waals surface area contributed by atoms with Gasteiger partial charge in [-0.15, -0.1) is 11.8 Å². The molecule has 1 heterocycles. The van der Waals surface area contributed by atoms with Crippen LogP contribution in [0.5, 0.6) is 0 Å². The summed E-state index contributed by atoms with van der Waals surface area (Å²) in [4.78, 5) is 26.9. The number of thioether (sulfide) groups is 1. The normalized spacial score (nSPS) is 19.2. The highest BCUT2D eigenvalue weighted by Gasteiger charge is 2.43. The predicted octanol–water partition coefficient (Wildman–Crippen LogP) is 4.55. The number of ether oxygens (including phenoxy) is 1. The second kappa shape index (κ2) is 8.47. The Morgan fingerprint density at radius 3 is 2.58 bits per heavy atom. The Balaban J connectivity index is 1.90. The van der Waals surface area contributed by atoms with E-state index in [0.29, 0.717) is 16.5 Å². The molecule has 0 bridgehead atoms. The van der Waals surface area contributed by atoms with E-state index in [2.05, 4.69) is 5.32 Å². The molecule has 0 spiro atoms. The molecule has 2 atom stereocenters. The monoisotopic (exact) mass is 390 g/mol. The number of carbonyl (C=O) groups is 2. The third-order valence-electron chi connectivity index (χ3n) is 3.99. The van der Waals surface area contributed by atoms with Crippen molar-refractivity contribution >= 4 is 41.1 Å². The number of esters is 1. The fourth-order valence-corrected chi connectivity index (χ4v) is 4.55. The first kappa shape index (κ1) is 18.6. The second-order valence-corrected chi connectivity index (χ2v) is 7.20. The fourth-order valence-electron chi connectivity index (χ4n) is 2.80. The minimum atomic E-state index is -0.662. The predicted molar refractivity (Wildman–Crippen MR) is 104 cm³/mol. The molecule has 1 fully saturated rings. The standard InChI is InChI=1S/C19H19ClN2O3S/c1-2-25-18(23)16-12-26-17(14-10-6-7-11-15(14)20)22(16)19(24)21-13-8-4-3-5-9-13/h3-11,16-17H,2,12H2,1H3,(H,21,24). The van der Waals surface area contributed by atoms with Gasteiger partial charge in [0, 0.05) is 22.0 Å². The molecule has 0 radical (unpaired) electrons. The third kappa shape index (κ3) is 3.97. The zero-order valence-corrected chi connectivity index (χ0v) is 15.8. The molecule has 0 aliphatic carbocycles. The van der Waals surface area contributed by atoms with Crippen LogP contribution in [0.3, 0.4) is 0 Å². The van der Waals surface area contributed by atoms with E-state index >= 15 is 0 Å². The van der Waals surface area contributed by atoms with Crippen molar-refractivity contribution < 1.29 is 14.3 Å².